The van der Waals surface area contributed by atoms with E-state index in [-0.39, 0.29) is 31.7 Å². The van der Waals surface area contributed by atoms with Crippen LogP contribution in [-0.2, 0) is 20.7 Å². The molecular weight excluding hydrogens is 475 g/mol. The number of piperidine rings is 1. The molecule has 9 heteroatoms. The van der Waals surface area contributed by atoms with E-state index in [0.29, 0.717) is 23.7 Å². The van der Waals surface area contributed by atoms with E-state index < -0.39 is 0 Å². The molecule has 2 aromatic rings. The predicted molar refractivity (Wildman–Crippen MR) is 140 cm³/mol. The second kappa shape index (κ2) is 13.7. The molecule has 3 heterocycles. The van der Waals surface area contributed by atoms with Crippen molar-refractivity contribution in [2.75, 3.05) is 36.5 Å². The molecule has 34 heavy (non-hydrogen) atoms. The molecule has 1 N–H and O–H groups in total. The Hall–Kier alpha value is -2.09. The smallest absolute Gasteiger partial charge is 0.309 e. The summed E-state index contributed by atoms with van der Waals surface area (Å²) in [4.78, 5) is 23.2. The van der Waals surface area contributed by atoms with Gasteiger partial charge in [0.1, 0.15) is 0 Å². The number of benzene rings is 1. The van der Waals surface area contributed by atoms with E-state index in [2.05, 4.69) is 32.3 Å². The van der Waals surface area contributed by atoms with Crippen molar-refractivity contribution in [2.45, 2.75) is 59.0 Å². The number of anilines is 3. The Bertz CT molecular complexity index is 900. The Morgan fingerprint density at radius 1 is 1.24 bits per heavy atom. The number of aromatic nitrogens is 2. The molecule has 2 aliphatic heterocycles. The zero-order chi connectivity index (χ0) is 22.3. The zero-order valence-electron chi connectivity index (χ0n) is 19.0. The van der Waals surface area contributed by atoms with Gasteiger partial charge < -0.3 is 19.7 Å². The van der Waals surface area contributed by atoms with E-state index in [1.807, 2.05) is 19.1 Å². The fourth-order valence-electron chi connectivity index (χ4n) is 4.33. The highest BCUT2D eigenvalue weighted by Gasteiger charge is 2.26. The molecule has 0 amide bonds. The van der Waals surface area contributed by atoms with E-state index in [0.717, 1.165) is 75.3 Å². The van der Waals surface area contributed by atoms with Crippen molar-refractivity contribution < 1.29 is 14.3 Å². The van der Waals surface area contributed by atoms with E-state index in [9.17, 15) is 4.79 Å². The van der Waals surface area contributed by atoms with Crippen LogP contribution in [0.2, 0.25) is 5.02 Å². The largest absolute Gasteiger partial charge is 0.466 e. The molecule has 1 aromatic heterocycles. The van der Waals surface area contributed by atoms with Gasteiger partial charge in [-0.15, -0.1) is 12.4 Å². The number of carbonyl (C=O) groups excluding carboxylic acids is 1. The lowest BCUT2D eigenvalue weighted by atomic mass is 9.96. The molecule has 0 bridgehead atoms. The first kappa shape index (κ1) is 28.1. The lowest BCUT2D eigenvalue weighted by Crippen LogP contribution is -2.36. The molecule has 0 spiro atoms. The normalized spacial score (nSPS) is 18.1. The van der Waals surface area contributed by atoms with Gasteiger partial charge in [0.2, 0.25) is 5.95 Å². The molecule has 1 aromatic carbocycles. The van der Waals surface area contributed by atoms with Crippen molar-refractivity contribution in [1.82, 2.24) is 9.97 Å². The molecule has 1 unspecified atom stereocenters. The molecule has 2 aliphatic rings. The van der Waals surface area contributed by atoms with Gasteiger partial charge in [-0.1, -0.05) is 19.0 Å². The summed E-state index contributed by atoms with van der Waals surface area (Å²) in [6.45, 7) is 4.86. The summed E-state index contributed by atoms with van der Waals surface area (Å²) in [6.07, 6.45) is 7.57. The number of esters is 1. The first-order valence-corrected chi connectivity index (χ1v) is 11.9. The van der Waals surface area contributed by atoms with Gasteiger partial charge in [-0.2, -0.15) is 0 Å². The van der Waals surface area contributed by atoms with Crippen molar-refractivity contribution in [3.05, 3.63) is 41.2 Å². The molecule has 0 radical (unpaired) electrons. The second-order valence-electron chi connectivity index (χ2n) is 8.35. The zero-order valence-corrected chi connectivity index (χ0v) is 20.5. The third kappa shape index (κ3) is 7.45. The summed E-state index contributed by atoms with van der Waals surface area (Å²) in [7, 11) is 0. The third-order valence-electron chi connectivity index (χ3n) is 6.15. The molecule has 2 saturated heterocycles. The van der Waals surface area contributed by atoms with Crippen molar-refractivity contribution in [1.29, 1.82) is 0 Å². The Labute approximate surface area is 214 Å². The SMILES string of the molecule is C.CCOC(=O)C1CCN(c2ccc(Nc3ncc(Cl)c(CCC4CCCO4)n3)cc2)CC1.Cl. The van der Waals surface area contributed by atoms with Gasteiger partial charge in [-0.05, 0) is 69.7 Å². The van der Waals surface area contributed by atoms with Gasteiger partial charge in [0, 0.05) is 31.1 Å². The van der Waals surface area contributed by atoms with Crippen LogP contribution in [0.3, 0.4) is 0 Å². The topological polar surface area (TPSA) is 76.6 Å². The molecule has 188 valence electrons. The number of hydrogen-bond donors (Lipinski definition) is 1. The van der Waals surface area contributed by atoms with Crippen LogP contribution in [0.1, 0.15) is 52.1 Å². The van der Waals surface area contributed by atoms with Gasteiger partial charge in [-0.25, -0.2) is 9.97 Å². The highest BCUT2D eigenvalue weighted by molar-refractivity contribution is 6.31. The number of carbonyl (C=O) groups is 1. The second-order valence-corrected chi connectivity index (χ2v) is 8.75. The lowest BCUT2D eigenvalue weighted by molar-refractivity contribution is -0.148. The lowest BCUT2D eigenvalue weighted by Gasteiger charge is -2.32. The first-order valence-electron chi connectivity index (χ1n) is 11.5. The highest BCUT2D eigenvalue weighted by atomic mass is 35.5. The average Bonchev–Trinajstić information content (AvgIpc) is 3.34. The monoisotopic (exact) mass is 510 g/mol. The number of hydrogen-bond acceptors (Lipinski definition) is 7. The summed E-state index contributed by atoms with van der Waals surface area (Å²) in [5.41, 5.74) is 2.91. The Balaban J connectivity index is 0.00000204. The molecule has 1 atom stereocenters. The van der Waals surface area contributed by atoms with Crippen LogP contribution >= 0.6 is 24.0 Å². The number of aryl methyl sites for hydroxylation is 1. The maximum atomic E-state index is 11.9. The van der Waals surface area contributed by atoms with Gasteiger partial charge >= 0.3 is 5.97 Å². The maximum Gasteiger partial charge on any atom is 0.309 e. The molecule has 0 aliphatic carbocycles. The van der Waals surface area contributed by atoms with Gasteiger partial charge in [0.15, 0.2) is 0 Å². The van der Waals surface area contributed by atoms with Crippen LogP contribution in [0.4, 0.5) is 17.3 Å². The minimum atomic E-state index is -0.0650. The van der Waals surface area contributed by atoms with Crippen molar-refractivity contribution in [2.24, 2.45) is 5.92 Å². The fraction of sp³-hybridized carbons (Fsp3) is 0.560. The van der Waals surface area contributed by atoms with Crippen LogP contribution in [-0.4, -0.2) is 48.3 Å². The third-order valence-corrected chi connectivity index (χ3v) is 6.46. The molecule has 4 rings (SSSR count). The Kier molecular flexibility index (Phi) is 11.4. The van der Waals surface area contributed by atoms with Gasteiger partial charge in [0.25, 0.3) is 0 Å². The van der Waals surface area contributed by atoms with E-state index in [4.69, 9.17) is 21.1 Å². The summed E-state index contributed by atoms with van der Waals surface area (Å²) < 4.78 is 10.9. The molecular formula is C25H36Cl2N4O3. The fourth-order valence-corrected chi connectivity index (χ4v) is 4.51. The van der Waals surface area contributed by atoms with E-state index in [1.54, 1.807) is 6.20 Å². The molecule has 2 fully saturated rings. The van der Waals surface area contributed by atoms with E-state index >= 15 is 0 Å². The van der Waals surface area contributed by atoms with Crippen molar-refractivity contribution in [3.8, 4) is 0 Å². The van der Waals surface area contributed by atoms with Crippen LogP contribution in [0, 0.1) is 5.92 Å². The molecule has 7 nitrogen and oxygen atoms in total. The van der Waals surface area contributed by atoms with Crippen molar-refractivity contribution >= 4 is 47.3 Å². The van der Waals surface area contributed by atoms with Crippen LogP contribution in [0.5, 0.6) is 0 Å². The Morgan fingerprint density at radius 3 is 2.62 bits per heavy atom. The number of halogens is 2. The van der Waals surface area contributed by atoms with Crippen LogP contribution in [0.15, 0.2) is 30.5 Å². The minimum Gasteiger partial charge on any atom is -0.466 e. The minimum absolute atomic E-state index is 0. The quantitative estimate of drug-likeness (QED) is 0.448. The summed E-state index contributed by atoms with van der Waals surface area (Å²) in [5.74, 6) is 0.494. The summed E-state index contributed by atoms with van der Waals surface area (Å²) in [5, 5.41) is 3.87. The standard InChI is InChI=1S/C24H31ClN4O3.CH4.ClH/c1-2-31-23(30)17-11-13-29(14-12-17)19-7-5-18(6-8-19)27-24-26-16-21(25)22(28-24)10-9-20-4-3-15-32-20;;/h5-8,16-17,20H,2-4,9-15H2,1H3,(H,26,27,28);1H4;1H. The van der Waals surface area contributed by atoms with Gasteiger partial charge in [0.05, 0.1) is 35.5 Å². The number of ether oxygens (including phenoxy) is 2. The Morgan fingerprint density at radius 2 is 1.97 bits per heavy atom. The highest BCUT2D eigenvalue weighted by Crippen LogP contribution is 2.27. The van der Waals surface area contributed by atoms with Gasteiger partial charge in [-0.3, -0.25) is 4.79 Å². The van der Waals surface area contributed by atoms with Crippen LogP contribution in [0.25, 0.3) is 0 Å². The average molecular weight is 511 g/mol. The summed E-state index contributed by atoms with van der Waals surface area (Å²) >= 11 is 6.31. The number of nitrogens with one attached hydrogen (secondary N) is 1. The maximum absolute atomic E-state index is 11.9. The van der Waals surface area contributed by atoms with Crippen LogP contribution < -0.4 is 10.2 Å². The van der Waals surface area contributed by atoms with E-state index in [1.165, 1.54) is 0 Å². The molecule has 0 saturated carbocycles. The van der Waals surface area contributed by atoms with Crippen molar-refractivity contribution in [3.63, 3.8) is 0 Å². The number of nitrogens with zero attached hydrogens (tertiary/aromatic N) is 3. The predicted octanol–water partition coefficient (Wildman–Crippen LogP) is 5.82. The summed E-state index contributed by atoms with van der Waals surface area (Å²) in [6, 6.07) is 8.22. The first-order chi connectivity index (χ1) is 15.6. The number of rotatable bonds is 8.